The molecule has 0 atom stereocenters. The van der Waals surface area contributed by atoms with Crippen molar-refractivity contribution in [2.75, 3.05) is 0 Å². The van der Waals surface area contributed by atoms with E-state index in [1.165, 1.54) is 4.57 Å². The molecule has 0 unspecified atom stereocenters. The number of H-pyrrole nitrogens is 1. The second-order valence-corrected chi connectivity index (χ2v) is 4.33. The van der Waals surface area contributed by atoms with Crippen molar-refractivity contribution in [3.8, 4) is 0 Å². The van der Waals surface area contributed by atoms with Crippen LogP contribution in [0.15, 0.2) is 27.8 Å². The molecule has 4 nitrogen and oxygen atoms in total. The molecule has 2 rings (SSSR count). The van der Waals surface area contributed by atoms with Gasteiger partial charge in [-0.15, -0.1) is 0 Å². The van der Waals surface area contributed by atoms with Gasteiger partial charge < -0.3 is 4.98 Å². The number of nitrogens with zero attached hydrogens (tertiary/aromatic N) is 1. The molecule has 0 radical (unpaired) electrons. The molecule has 2 aromatic rings. The summed E-state index contributed by atoms with van der Waals surface area (Å²) in [5.74, 6) is 0. The van der Waals surface area contributed by atoms with E-state index in [1.54, 1.807) is 32.0 Å². The third-order valence-electron chi connectivity index (χ3n) is 2.41. The van der Waals surface area contributed by atoms with Crippen LogP contribution in [0.1, 0.15) is 19.9 Å². The third-order valence-corrected chi connectivity index (χ3v) is 2.64. The Morgan fingerprint density at radius 1 is 1.31 bits per heavy atom. The molecule has 1 aromatic carbocycles. The number of rotatable bonds is 1. The molecule has 0 saturated carbocycles. The number of aromatic nitrogens is 2. The summed E-state index contributed by atoms with van der Waals surface area (Å²) in [6, 6.07) is 4.65. The molecule has 1 aromatic heterocycles. The van der Waals surface area contributed by atoms with Gasteiger partial charge in [-0.25, -0.2) is 4.79 Å². The highest BCUT2D eigenvalue weighted by molar-refractivity contribution is 6.31. The van der Waals surface area contributed by atoms with Gasteiger partial charge >= 0.3 is 5.69 Å². The monoisotopic (exact) mass is 238 g/mol. The lowest BCUT2D eigenvalue weighted by Crippen LogP contribution is -2.36. The zero-order valence-corrected chi connectivity index (χ0v) is 9.71. The maximum Gasteiger partial charge on any atom is 0.329 e. The average molecular weight is 239 g/mol. The lowest BCUT2D eigenvalue weighted by Gasteiger charge is -2.09. The van der Waals surface area contributed by atoms with Gasteiger partial charge in [0.15, 0.2) is 0 Å². The minimum absolute atomic E-state index is 0.181. The van der Waals surface area contributed by atoms with Gasteiger partial charge in [-0.3, -0.25) is 9.36 Å². The molecule has 1 heterocycles. The highest BCUT2D eigenvalue weighted by Gasteiger charge is 2.09. The summed E-state index contributed by atoms with van der Waals surface area (Å²) in [5, 5.41) is 0.910. The van der Waals surface area contributed by atoms with Gasteiger partial charge in [0.2, 0.25) is 0 Å². The second kappa shape index (κ2) is 3.79. The number of fused-ring (bicyclic) bond motifs is 1. The zero-order valence-electron chi connectivity index (χ0n) is 8.95. The van der Waals surface area contributed by atoms with E-state index in [2.05, 4.69) is 4.98 Å². The van der Waals surface area contributed by atoms with Crippen molar-refractivity contribution in [2.45, 2.75) is 19.9 Å². The molecule has 0 aliphatic rings. The molecule has 0 saturated heterocycles. The molecule has 1 N–H and O–H groups in total. The minimum Gasteiger partial charge on any atom is -0.307 e. The molecule has 0 spiro atoms. The van der Waals surface area contributed by atoms with Crippen LogP contribution in [0.25, 0.3) is 10.9 Å². The maximum absolute atomic E-state index is 12.0. The van der Waals surface area contributed by atoms with Crippen LogP contribution in [0.2, 0.25) is 5.02 Å². The Bertz CT molecular complexity index is 655. The van der Waals surface area contributed by atoms with Crippen LogP contribution in [0.4, 0.5) is 0 Å². The van der Waals surface area contributed by atoms with Crippen molar-refractivity contribution in [1.82, 2.24) is 9.55 Å². The standard InChI is InChI=1S/C11H11ClN2O2/c1-6(2)14-10(15)8-5-7(12)3-4-9(8)13-11(14)16/h3-6H,1-2H3,(H,13,16). The van der Waals surface area contributed by atoms with Crippen LogP contribution in [-0.2, 0) is 0 Å². The van der Waals surface area contributed by atoms with Crippen LogP contribution in [-0.4, -0.2) is 9.55 Å². The summed E-state index contributed by atoms with van der Waals surface area (Å²) in [4.78, 5) is 26.3. The lowest BCUT2D eigenvalue weighted by atomic mass is 10.2. The van der Waals surface area contributed by atoms with Gasteiger partial charge in [0, 0.05) is 11.1 Å². The summed E-state index contributed by atoms with van der Waals surface area (Å²) in [6.45, 7) is 3.57. The number of aromatic amines is 1. The summed E-state index contributed by atoms with van der Waals surface area (Å²) in [5.41, 5.74) is -0.192. The Labute approximate surface area is 96.5 Å². The van der Waals surface area contributed by atoms with Crippen LogP contribution in [0.5, 0.6) is 0 Å². The molecule has 84 valence electrons. The van der Waals surface area contributed by atoms with Crippen LogP contribution in [0.3, 0.4) is 0 Å². The first-order valence-electron chi connectivity index (χ1n) is 4.95. The minimum atomic E-state index is -0.394. The van der Waals surface area contributed by atoms with Crippen molar-refractivity contribution >= 4 is 22.5 Å². The fourth-order valence-electron chi connectivity index (χ4n) is 1.67. The summed E-state index contributed by atoms with van der Waals surface area (Å²) < 4.78 is 1.18. The Balaban J connectivity index is 2.97. The predicted octanol–water partition coefficient (Wildman–Crippen LogP) is 1.92. The van der Waals surface area contributed by atoms with E-state index in [0.29, 0.717) is 15.9 Å². The van der Waals surface area contributed by atoms with E-state index >= 15 is 0 Å². The van der Waals surface area contributed by atoms with Crippen LogP contribution < -0.4 is 11.2 Å². The first kappa shape index (κ1) is 11.0. The number of hydrogen-bond donors (Lipinski definition) is 1. The van der Waals surface area contributed by atoms with E-state index in [4.69, 9.17) is 11.6 Å². The normalized spacial score (nSPS) is 11.2. The highest BCUT2D eigenvalue weighted by Crippen LogP contribution is 2.13. The first-order chi connectivity index (χ1) is 7.50. The second-order valence-electron chi connectivity index (χ2n) is 3.89. The molecular weight excluding hydrogens is 228 g/mol. The van der Waals surface area contributed by atoms with Gasteiger partial charge in [-0.2, -0.15) is 0 Å². The molecule has 0 amide bonds. The van der Waals surface area contributed by atoms with Gasteiger partial charge in [-0.05, 0) is 32.0 Å². The smallest absolute Gasteiger partial charge is 0.307 e. The Morgan fingerprint density at radius 2 is 2.00 bits per heavy atom. The third kappa shape index (κ3) is 1.65. The molecule has 0 bridgehead atoms. The summed E-state index contributed by atoms with van der Waals surface area (Å²) >= 11 is 5.82. The molecule has 5 heteroatoms. The van der Waals surface area contributed by atoms with E-state index in [1.807, 2.05) is 0 Å². The van der Waals surface area contributed by atoms with Gasteiger partial charge in [0.1, 0.15) is 0 Å². The SMILES string of the molecule is CC(C)n1c(=O)[nH]c2ccc(Cl)cc2c1=O. The number of nitrogens with one attached hydrogen (secondary N) is 1. The van der Waals surface area contributed by atoms with Crippen molar-refractivity contribution in [2.24, 2.45) is 0 Å². The fourth-order valence-corrected chi connectivity index (χ4v) is 1.84. The number of hydrogen-bond acceptors (Lipinski definition) is 2. The largest absolute Gasteiger partial charge is 0.329 e. The van der Waals surface area contributed by atoms with Crippen LogP contribution in [0, 0.1) is 0 Å². The van der Waals surface area contributed by atoms with Crippen molar-refractivity contribution in [1.29, 1.82) is 0 Å². The maximum atomic E-state index is 12.0. The van der Waals surface area contributed by atoms with E-state index in [9.17, 15) is 9.59 Å². The zero-order chi connectivity index (χ0) is 11.9. The Hall–Kier alpha value is -1.55. The lowest BCUT2D eigenvalue weighted by molar-refractivity contribution is 0.552. The van der Waals surface area contributed by atoms with Crippen molar-refractivity contribution in [3.63, 3.8) is 0 Å². The number of halogens is 1. The van der Waals surface area contributed by atoms with E-state index < -0.39 is 5.69 Å². The van der Waals surface area contributed by atoms with Crippen molar-refractivity contribution in [3.05, 3.63) is 44.1 Å². The topological polar surface area (TPSA) is 54.9 Å². The van der Waals surface area contributed by atoms with Gasteiger partial charge in [0.25, 0.3) is 5.56 Å². The van der Waals surface area contributed by atoms with Gasteiger partial charge in [-0.1, -0.05) is 11.6 Å². The quantitative estimate of drug-likeness (QED) is 0.825. The van der Waals surface area contributed by atoms with E-state index in [-0.39, 0.29) is 11.6 Å². The van der Waals surface area contributed by atoms with Crippen molar-refractivity contribution < 1.29 is 0 Å². The Kier molecular flexibility index (Phi) is 2.59. The molecule has 16 heavy (non-hydrogen) atoms. The molecule has 0 aliphatic carbocycles. The van der Waals surface area contributed by atoms with Gasteiger partial charge in [0.05, 0.1) is 10.9 Å². The number of benzene rings is 1. The molecule has 0 fully saturated rings. The fraction of sp³-hybridized carbons (Fsp3) is 0.273. The molecule has 0 aliphatic heterocycles. The van der Waals surface area contributed by atoms with Crippen LogP contribution >= 0.6 is 11.6 Å². The summed E-state index contributed by atoms with van der Waals surface area (Å²) in [7, 11) is 0. The summed E-state index contributed by atoms with van der Waals surface area (Å²) in [6.07, 6.45) is 0. The Morgan fingerprint density at radius 3 is 2.62 bits per heavy atom. The predicted molar refractivity (Wildman–Crippen MR) is 64.2 cm³/mol. The first-order valence-corrected chi connectivity index (χ1v) is 5.32. The highest BCUT2D eigenvalue weighted by atomic mass is 35.5. The average Bonchev–Trinajstić information content (AvgIpc) is 2.19. The van der Waals surface area contributed by atoms with E-state index in [0.717, 1.165) is 0 Å². The molecular formula is C11H11ClN2O2.